The van der Waals surface area contributed by atoms with Crippen LogP contribution in [0.15, 0.2) is 36.5 Å². The van der Waals surface area contributed by atoms with Crippen LogP contribution in [0.5, 0.6) is 0 Å². The van der Waals surface area contributed by atoms with Crippen LogP contribution < -0.4 is 5.32 Å². The van der Waals surface area contributed by atoms with Gasteiger partial charge >= 0.3 is 6.18 Å². The lowest BCUT2D eigenvalue weighted by molar-refractivity contribution is -0.144. The van der Waals surface area contributed by atoms with E-state index in [9.17, 15) is 18.0 Å². The molecule has 9 heteroatoms. The number of aromatic amines is 1. The fourth-order valence-electron chi connectivity index (χ4n) is 2.19. The molecule has 6 nitrogen and oxygen atoms in total. The van der Waals surface area contributed by atoms with E-state index < -0.39 is 17.9 Å². The predicted octanol–water partition coefficient (Wildman–Crippen LogP) is 2.81. The molecule has 23 heavy (non-hydrogen) atoms. The largest absolute Gasteiger partial charge is 0.451 e. The molecule has 0 saturated carbocycles. The van der Waals surface area contributed by atoms with Crippen molar-refractivity contribution >= 4 is 22.8 Å². The maximum Gasteiger partial charge on any atom is 0.451 e. The third kappa shape index (κ3) is 3.33. The van der Waals surface area contributed by atoms with Crippen molar-refractivity contribution in [2.75, 3.05) is 5.32 Å². The van der Waals surface area contributed by atoms with Gasteiger partial charge in [0.15, 0.2) is 0 Å². The number of benzene rings is 1. The molecule has 3 aromatic rings. The highest BCUT2D eigenvalue weighted by Crippen LogP contribution is 2.26. The van der Waals surface area contributed by atoms with E-state index in [1.54, 1.807) is 5.10 Å². The minimum absolute atomic E-state index is 0.0918. The van der Waals surface area contributed by atoms with Crippen LogP contribution in [0.2, 0.25) is 0 Å². The van der Waals surface area contributed by atoms with E-state index >= 15 is 0 Å². The Morgan fingerprint density at radius 3 is 2.78 bits per heavy atom. The number of rotatable bonds is 4. The van der Waals surface area contributed by atoms with Crippen molar-refractivity contribution in [1.29, 1.82) is 0 Å². The first-order valence-electron chi connectivity index (χ1n) is 6.77. The van der Waals surface area contributed by atoms with E-state index in [2.05, 4.69) is 15.4 Å². The number of carbonyl (C=O) groups is 1. The number of nitrogens with zero attached hydrogens (tertiary/aromatic N) is 3. The Bertz CT molecular complexity index is 836. The Morgan fingerprint density at radius 2 is 2.04 bits per heavy atom. The molecule has 2 aromatic heterocycles. The third-order valence-electron chi connectivity index (χ3n) is 3.27. The summed E-state index contributed by atoms with van der Waals surface area (Å²) in [6.45, 7) is 0.399. The Balaban J connectivity index is 1.60. The number of halogens is 3. The Labute approximate surface area is 128 Å². The summed E-state index contributed by atoms with van der Waals surface area (Å²) < 4.78 is 39.0. The third-order valence-corrected chi connectivity index (χ3v) is 3.27. The lowest BCUT2D eigenvalue weighted by atomic mass is 10.2. The molecule has 0 atom stereocenters. The zero-order valence-corrected chi connectivity index (χ0v) is 11.8. The number of H-pyrrole nitrogens is 1. The Hall–Kier alpha value is -2.84. The fraction of sp³-hybridized carbons (Fsp3) is 0.214. The van der Waals surface area contributed by atoms with Gasteiger partial charge in [0.25, 0.3) is 0 Å². The van der Waals surface area contributed by atoms with Gasteiger partial charge in [-0.1, -0.05) is 18.2 Å². The molecule has 0 bridgehead atoms. The van der Waals surface area contributed by atoms with Crippen molar-refractivity contribution in [1.82, 2.24) is 19.7 Å². The summed E-state index contributed by atoms with van der Waals surface area (Å²) in [6.07, 6.45) is -2.68. The molecule has 2 N–H and O–H groups in total. The SMILES string of the molecule is O=C(CCn1ccc2ccccc21)Nc1n[nH]c(C(F)(F)F)n1. The van der Waals surface area contributed by atoms with Crippen molar-refractivity contribution in [2.45, 2.75) is 19.1 Å². The number of alkyl halides is 3. The number of hydrogen-bond donors (Lipinski definition) is 2. The van der Waals surface area contributed by atoms with Crippen molar-refractivity contribution in [3.8, 4) is 0 Å². The molecule has 0 fully saturated rings. The fourth-order valence-corrected chi connectivity index (χ4v) is 2.19. The number of hydrogen-bond acceptors (Lipinski definition) is 3. The molecule has 0 aliphatic rings. The van der Waals surface area contributed by atoms with E-state index in [0.29, 0.717) is 6.54 Å². The van der Waals surface area contributed by atoms with E-state index in [1.807, 2.05) is 41.1 Å². The van der Waals surface area contributed by atoms with Gasteiger partial charge in [-0.05, 0) is 17.5 Å². The molecule has 0 aliphatic carbocycles. The Morgan fingerprint density at radius 1 is 1.26 bits per heavy atom. The number of anilines is 1. The maximum absolute atomic E-state index is 12.4. The number of aryl methyl sites for hydroxylation is 1. The Kier molecular flexibility index (Phi) is 3.77. The van der Waals surface area contributed by atoms with Gasteiger partial charge in [0.05, 0.1) is 0 Å². The molecule has 0 saturated heterocycles. The van der Waals surface area contributed by atoms with Gasteiger partial charge in [0, 0.05) is 24.7 Å². The van der Waals surface area contributed by atoms with Crippen LogP contribution in [0.3, 0.4) is 0 Å². The summed E-state index contributed by atoms with van der Waals surface area (Å²) in [5.41, 5.74) is 0.984. The average Bonchev–Trinajstić information content (AvgIpc) is 3.11. The van der Waals surface area contributed by atoms with E-state index in [0.717, 1.165) is 10.9 Å². The zero-order chi connectivity index (χ0) is 16.4. The first-order valence-corrected chi connectivity index (χ1v) is 6.77. The number of para-hydroxylation sites is 1. The van der Waals surface area contributed by atoms with Crippen molar-refractivity contribution in [2.24, 2.45) is 0 Å². The van der Waals surface area contributed by atoms with Gasteiger partial charge in [-0.15, -0.1) is 5.10 Å². The number of fused-ring (bicyclic) bond motifs is 1. The van der Waals surface area contributed by atoms with E-state index in [1.165, 1.54) is 0 Å². The van der Waals surface area contributed by atoms with Gasteiger partial charge in [0.1, 0.15) is 0 Å². The minimum Gasteiger partial charge on any atom is -0.347 e. The molecule has 0 aliphatic heterocycles. The molecule has 3 rings (SSSR count). The van der Waals surface area contributed by atoms with E-state index in [4.69, 9.17) is 0 Å². The zero-order valence-electron chi connectivity index (χ0n) is 11.8. The molecular formula is C14H12F3N5O. The molecule has 2 heterocycles. The molecular weight excluding hydrogens is 311 g/mol. The van der Waals surface area contributed by atoms with E-state index in [-0.39, 0.29) is 12.4 Å². The maximum atomic E-state index is 12.4. The van der Waals surface area contributed by atoms with Crippen LogP contribution in [0.1, 0.15) is 12.2 Å². The number of carbonyl (C=O) groups excluding carboxylic acids is 1. The summed E-state index contributed by atoms with van der Waals surface area (Å²) in [5, 5.41) is 8.35. The molecule has 1 amide bonds. The second-order valence-corrected chi connectivity index (χ2v) is 4.87. The molecule has 0 spiro atoms. The van der Waals surface area contributed by atoms with Gasteiger partial charge in [-0.3, -0.25) is 15.2 Å². The van der Waals surface area contributed by atoms with Crippen LogP contribution in [0.25, 0.3) is 10.9 Å². The molecule has 0 unspecified atom stereocenters. The first-order chi connectivity index (χ1) is 10.9. The number of aromatic nitrogens is 4. The highest BCUT2D eigenvalue weighted by Gasteiger charge is 2.35. The van der Waals surface area contributed by atoms with Gasteiger partial charge in [-0.2, -0.15) is 18.2 Å². The quantitative estimate of drug-likeness (QED) is 0.775. The summed E-state index contributed by atoms with van der Waals surface area (Å²) in [6, 6.07) is 9.63. The monoisotopic (exact) mass is 323 g/mol. The van der Waals surface area contributed by atoms with Crippen LogP contribution in [-0.4, -0.2) is 25.7 Å². The summed E-state index contributed by atoms with van der Waals surface area (Å²) in [7, 11) is 0. The second kappa shape index (κ2) is 5.75. The molecule has 120 valence electrons. The average molecular weight is 323 g/mol. The van der Waals surface area contributed by atoms with Crippen LogP contribution in [0.4, 0.5) is 19.1 Å². The van der Waals surface area contributed by atoms with Crippen molar-refractivity contribution < 1.29 is 18.0 Å². The number of amides is 1. The van der Waals surface area contributed by atoms with Crippen LogP contribution in [0, 0.1) is 0 Å². The lowest BCUT2D eigenvalue weighted by Gasteiger charge is -2.05. The molecule has 0 radical (unpaired) electrons. The topological polar surface area (TPSA) is 75.6 Å². The first kappa shape index (κ1) is 15.1. The number of nitrogens with one attached hydrogen (secondary N) is 2. The smallest absolute Gasteiger partial charge is 0.347 e. The van der Waals surface area contributed by atoms with Crippen molar-refractivity contribution in [3.63, 3.8) is 0 Å². The van der Waals surface area contributed by atoms with Gasteiger partial charge < -0.3 is 4.57 Å². The summed E-state index contributed by atoms with van der Waals surface area (Å²) in [5.74, 6) is -2.10. The normalized spacial score (nSPS) is 11.8. The van der Waals surface area contributed by atoms with Crippen molar-refractivity contribution in [3.05, 3.63) is 42.4 Å². The van der Waals surface area contributed by atoms with Gasteiger partial charge in [0.2, 0.25) is 17.7 Å². The minimum atomic E-state index is -4.62. The second-order valence-electron chi connectivity index (χ2n) is 4.87. The molecule has 1 aromatic carbocycles. The van der Waals surface area contributed by atoms with Gasteiger partial charge in [-0.25, -0.2) is 0 Å². The standard InChI is InChI=1S/C14H12F3N5O/c15-14(16,17)12-19-13(21-20-12)18-11(23)6-8-22-7-5-9-3-1-2-4-10(9)22/h1-5,7H,6,8H2,(H2,18,19,20,21,23). The van der Waals surface area contributed by atoms with Crippen LogP contribution in [-0.2, 0) is 17.5 Å². The highest BCUT2D eigenvalue weighted by molar-refractivity contribution is 5.89. The summed E-state index contributed by atoms with van der Waals surface area (Å²) in [4.78, 5) is 15.0. The lowest BCUT2D eigenvalue weighted by Crippen LogP contribution is -2.15. The van der Waals surface area contributed by atoms with Crippen LogP contribution >= 0.6 is 0 Å². The summed E-state index contributed by atoms with van der Waals surface area (Å²) >= 11 is 0. The predicted molar refractivity (Wildman–Crippen MR) is 76.6 cm³/mol. The highest BCUT2D eigenvalue weighted by atomic mass is 19.4.